The van der Waals surface area contributed by atoms with Gasteiger partial charge in [0.15, 0.2) is 11.6 Å². The lowest BCUT2D eigenvalue weighted by Gasteiger charge is -2.16. The topological polar surface area (TPSA) is 34.1 Å². The van der Waals surface area contributed by atoms with Gasteiger partial charge in [-0.15, -0.1) is 0 Å². The van der Waals surface area contributed by atoms with E-state index in [4.69, 9.17) is 0 Å². The third-order valence-corrected chi connectivity index (χ3v) is 4.82. The van der Waals surface area contributed by atoms with Crippen molar-refractivity contribution >= 4 is 11.6 Å². The fraction of sp³-hybridized carbons (Fsp3) is 0.0476. The molecule has 2 nitrogen and oxygen atoms in total. The molecule has 0 N–H and O–H groups in total. The van der Waals surface area contributed by atoms with Crippen LogP contribution < -0.4 is 0 Å². The van der Waals surface area contributed by atoms with Gasteiger partial charge in [0.25, 0.3) is 0 Å². The molecule has 108 valence electrons. The minimum Gasteiger partial charge on any atom is -0.289 e. The summed E-state index contributed by atoms with van der Waals surface area (Å²) in [7, 11) is 0. The van der Waals surface area contributed by atoms with E-state index in [1.54, 1.807) is 18.2 Å². The Labute approximate surface area is 133 Å². The first-order valence-electron chi connectivity index (χ1n) is 7.67. The van der Waals surface area contributed by atoms with Gasteiger partial charge in [0.05, 0.1) is 0 Å². The Morgan fingerprint density at radius 2 is 1.26 bits per heavy atom. The molecule has 2 aliphatic carbocycles. The van der Waals surface area contributed by atoms with Gasteiger partial charge in [0.1, 0.15) is 0 Å². The number of carbonyl (C=O) groups is 2. The molecule has 0 fully saturated rings. The lowest BCUT2D eigenvalue weighted by molar-refractivity contribution is 0.0979. The zero-order valence-electron chi connectivity index (χ0n) is 12.2. The normalized spacial score (nSPS) is 17.3. The second-order valence-electron chi connectivity index (χ2n) is 6.04. The molecular formula is C21H12O2. The van der Waals surface area contributed by atoms with Gasteiger partial charge in [-0.05, 0) is 22.8 Å². The number of hydrogen-bond acceptors (Lipinski definition) is 2. The summed E-state index contributed by atoms with van der Waals surface area (Å²) in [4.78, 5) is 25.7. The molecule has 0 heterocycles. The Balaban J connectivity index is 1.71. The van der Waals surface area contributed by atoms with Gasteiger partial charge in [-0.3, -0.25) is 9.59 Å². The first-order chi connectivity index (χ1) is 11.3. The van der Waals surface area contributed by atoms with Crippen LogP contribution in [0.25, 0.3) is 0 Å². The van der Waals surface area contributed by atoms with Crippen molar-refractivity contribution in [2.75, 3.05) is 0 Å². The second kappa shape index (κ2) is 4.26. The maximum absolute atomic E-state index is 12.9. The molecule has 0 bridgehead atoms. The summed E-state index contributed by atoms with van der Waals surface area (Å²) >= 11 is 0. The summed E-state index contributed by atoms with van der Waals surface area (Å²) in [5, 5.41) is 0. The van der Waals surface area contributed by atoms with E-state index in [0.29, 0.717) is 22.3 Å². The summed E-state index contributed by atoms with van der Waals surface area (Å²) in [6.07, 6.45) is 0. The van der Waals surface area contributed by atoms with Crippen LogP contribution in [0.2, 0.25) is 0 Å². The highest BCUT2D eigenvalue weighted by Crippen LogP contribution is 2.52. The minimum atomic E-state index is -0.0447. The fourth-order valence-corrected chi connectivity index (χ4v) is 3.70. The molecule has 2 aliphatic rings. The maximum Gasteiger partial charge on any atom is 0.194 e. The molecule has 1 unspecified atom stereocenters. The van der Waals surface area contributed by atoms with Crippen LogP contribution in [0, 0.1) is 0 Å². The predicted molar refractivity (Wildman–Crippen MR) is 87.1 cm³/mol. The molecular weight excluding hydrogens is 284 g/mol. The summed E-state index contributed by atoms with van der Waals surface area (Å²) in [5.41, 5.74) is 5.57. The molecule has 3 aromatic carbocycles. The van der Waals surface area contributed by atoms with Crippen LogP contribution in [0.5, 0.6) is 0 Å². The first kappa shape index (κ1) is 12.5. The van der Waals surface area contributed by atoms with Gasteiger partial charge in [-0.2, -0.15) is 0 Å². The number of hydrogen-bond donors (Lipinski definition) is 0. The van der Waals surface area contributed by atoms with E-state index in [9.17, 15) is 9.59 Å². The Morgan fingerprint density at radius 3 is 2.00 bits per heavy atom. The van der Waals surface area contributed by atoms with E-state index in [2.05, 4.69) is 12.1 Å². The van der Waals surface area contributed by atoms with Crippen LogP contribution in [-0.2, 0) is 0 Å². The van der Waals surface area contributed by atoms with Crippen molar-refractivity contribution in [1.82, 2.24) is 0 Å². The summed E-state index contributed by atoms with van der Waals surface area (Å²) in [5.74, 6) is 0.0872. The van der Waals surface area contributed by atoms with Gasteiger partial charge < -0.3 is 0 Å². The van der Waals surface area contributed by atoms with Gasteiger partial charge in [0, 0.05) is 28.2 Å². The Morgan fingerprint density at radius 1 is 0.609 bits per heavy atom. The molecule has 0 aliphatic heterocycles. The average Bonchev–Trinajstić information content (AvgIpc) is 3.34. The van der Waals surface area contributed by atoms with Crippen molar-refractivity contribution in [2.24, 2.45) is 0 Å². The second-order valence-corrected chi connectivity index (χ2v) is 6.04. The number of fused-ring (bicyclic) bond motifs is 4. The highest BCUT2D eigenvalue weighted by Gasteiger charge is 2.43. The van der Waals surface area contributed by atoms with Crippen molar-refractivity contribution in [1.29, 1.82) is 0 Å². The van der Waals surface area contributed by atoms with Crippen LogP contribution in [0.3, 0.4) is 0 Å². The van der Waals surface area contributed by atoms with E-state index in [1.807, 2.05) is 36.4 Å². The lowest BCUT2D eigenvalue weighted by atomic mass is 9.83. The lowest BCUT2D eigenvalue weighted by Crippen LogP contribution is -2.20. The zero-order chi connectivity index (χ0) is 15.6. The van der Waals surface area contributed by atoms with Crippen LogP contribution in [0.15, 0.2) is 66.7 Å². The fourth-order valence-electron chi connectivity index (χ4n) is 3.70. The molecule has 2 heteroatoms. The molecule has 23 heavy (non-hydrogen) atoms. The van der Waals surface area contributed by atoms with Crippen LogP contribution in [-0.4, -0.2) is 11.6 Å². The molecule has 0 amide bonds. The van der Waals surface area contributed by atoms with E-state index in [-0.39, 0.29) is 17.5 Å². The monoisotopic (exact) mass is 296 g/mol. The summed E-state index contributed by atoms with van der Waals surface area (Å²) < 4.78 is 0. The standard InChI is InChI=1S/C21H12O2/c22-20-13-8-4-5-9-14(13)21(23)19-16(20)11-10-15-17(18(15)19)12-6-2-1-3-7-12/h1-11,17H. The Kier molecular flexibility index (Phi) is 2.32. The van der Waals surface area contributed by atoms with Gasteiger partial charge >= 0.3 is 0 Å². The number of carbonyl (C=O) groups excluding carboxylic acids is 2. The van der Waals surface area contributed by atoms with Crippen molar-refractivity contribution in [3.8, 4) is 0 Å². The molecule has 0 saturated heterocycles. The van der Waals surface area contributed by atoms with E-state index >= 15 is 0 Å². The number of rotatable bonds is 1. The summed E-state index contributed by atoms with van der Waals surface area (Å²) in [6.45, 7) is 0. The molecule has 0 spiro atoms. The first-order valence-corrected chi connectivity index (χ1v) is 7.67. The van der Waals surface area contributed by atoms with Crippen LogP contribution >= 0.6 is 0 Å². The third kappa shape index (κ3) is 1.58. The zero-order valence-corrected chi connectivity index (χ0v) is 12.2. The van der Waals surface area contributed by atoms with Crippen molar-refractivity contribution < 1.29 is 9.59 Å². The van der Waals surface area contributed by atoms with Crippen LogP contribution in [0.4, 0.5) is 0 Å². The maximum atomic E-state index is 12.9. The highest BCUT2D eigenvalue weighted by atomic mass is 16.1. The molecule has 0 aromatic heterocycles. The number of ketones is 2. The number of benzene rings is 3. The van der Waals surface area contributed by atoms with E-state index in [1.165, 1.54) is 5.56 Å². The van der Waals surface area contributed by atoms with E-state index < -0.39 is 0 Å². The molecule has 5 rings (SSSR count). The Bertz CT molecular complexity index is 1000. The predicted octanol–water partition coefficient (Wildman–Crippen LogP) is 3.96. The van der Waals surface area contributed by atoms with Crippen molar-refractivity contribution in [3.05, 3.63) is 106 Å². The highest BCUT2D eigenvalue weighted by molar-refractivity contribution is 6.29. The van der Waals surface area contributed by atoms with Gasteiger partial charge in [-0.1, -0.05) is 60.7 Å². The van der Waals surface area contributed by atoms with Crippen molar-refractivity contribution in [3.63, 3.8) is 0 Å². The Hall–Kier alpha value is -3.00. The molecule has 0 saturated carbocycles. The smallest absolute Gasteiger partial charge is 0.194 e. The molecule has 0 radical (unpaired) electrons. The molecule has 1 atom stereocenters. The van der Waals surface area contributed by atoms with Gasteiger partial charge in [0.2, 0.25) is 0 Å². The summed E-state index contributed by atoms with van der Waals surface area (Å²) in [6, 6.07) is 21.0. The SMILES string of the molecule is O=C1c2ccccc2C(=O)c2c1ccc1c2C1c1ccccc1. The van der Waals surface area contributed by atoms with Crippen LogP contribution in [0.1, 0.15) is 54.5 Å². The largest absolute Gasteiger partial charge is 0.289 e. The third-order valence-electron chi connectivity index (χ3n) is 4.82. The molecule has 3 aromatic rings. The average molecular weight is 296 g/mol. The minimum absolute atomic E-state index is 0.0227. The van der Waals surface area contributed by atoms with E-state index in [0.717, 1.165) is 11.1 Å². The van der Waals surface area contributed by atoms with Crippen molar-refractivity contribution in [2.45, 2.75) is 5.92 Å². The van der Waals surface area contributed by atoms with Gasteiger partial charge in [-0.25, -0.2) is 0 Å². The quantitative estimate of drug-likeness (QED) is 0.469.